The summed E-state index contributed by atoms with van der Waals surface area (Å²) in [6.07, 6.45) is 11.4. The zero-order chi connectivity index (χ0) is 14.3. The summed E-state index contributed by atoms with van der Waals surface area (Å²) in [6, 6.07) is 0. The Bertz CT molecular complexity index is 367. The second-order valence-corrected chi connectivity index (χ2v) is 8.33. The summed E-state index contributed by atoms with van der Waals surface area (Å²) in [5, 5.41) is 3.22. The number of amides is 1. The third kappa shape index (κ3) is 2.99. The smallest absolute Gasteiger partial charge is 0.226 e. The number of ether oxygens (including phenoxy) is 1. The first-order valence-electron chi connectivity index (χ1n) is 9.09. The zero-order valence-electron chi connectivity index (χ0n) is 13.1. The van der Waals surface area contributed by atoms with E-state index in [4.69, 9.17) is 4.74 Å². The average molecular weight is 291 g/mol. The van der Waals surface area contributed by atoms with Crippen molar-refractivity contribution in [1.29, 1.82) is 0 Å². The molecule has 0 atom stereocenters. The van der Waals surface area contributed by atoms with E-state index >= 15 is 0 Å². The lowest BCUT2D eigenvalue weighted by molar-refractivity contribution is -0.146. The van der Waals surface area contributed by atoms with E-state index in [9.17, 15) is 4.79 Å². The first-order valence-corrected chi connectivity index (χ1v) is 9.09. The molecule has 5 saturated carbocycles. The molecule has 0 aromatic rings. The normalized spacial score (nSPS) is 40.5. The Labute approximate surface area is 128 Å². The molecule has 0 heterocycles. The van der Waals surface area contributed by atoms with Gasteiger partial charge in [-0.15, -0.1) is 0 Å². The van der Waals surface area contributed by atoms with E-state index < -0.39 is 0 Å². The SMILES string of the molecule is O=C(NCCCOCC1CC1)C12CC3CC(CC(C3)C1)C2. The van der Waals surface area contributed by atoms with Gasteiger partial charge in [-0.3, -0.25) is 4.79 Å². The predicted octanol–water partition coefficient (Wildman–Crippen LogP) is 3.14. The van der Waals surface area contributed by atoms with Gasteiger partial charge in [-0.1, -0.05) is 0 Å². The van der Waals surface area contributed by atoms with Crippen LogP contribution in [0.4, 0.5) is 0 Å². The molecule has 1 N–H and O–H groups in total. The van der Waals surface area contributed by atoms with Crippen molar-refractivity contribution in [2.75, 3.05) is 19.8 Å². The molecule has 3 nitrogen and oxygen atoms in total. The average Bonchev–Trinajstić information content (AvgIpc) is 3.25. The van der Waals surface area contributed by atoms with Crippen LogP contribution in [0.15, 0.2) is 0 Å². The standard InChI is InChI=1S/C18H29NO2/c20-17(19-4-1-5-21-12-13-2-3-13)18-9-14-6-15(10-18)8-16(7-14)11-18/h13-16H,1-12H2,(H,19,20). The zero-order valence-corrected chi connectivity index (χ0v) is 13.1. The fourth-order valence-corrected chi connectivity index (χ4v) is 5.49. The van der Waals surface area contributed by atoms with Gasteiger partial charge in [-0.25, -0.2) is 0 Å². The predicted molar refractivity (Wildman–Crippen MR) is 81.8 cm³/mol. The molecule has 4 bridgehead atoms. The Hall–Kier alpha value is -0.570. The number of hydrogen-bond donors (Lipinski definition) is 1. The first-order chi connectivity index (χ1) is 10.2. The highest BCUT2D eigenvalue weighted by Gasteiger charge is 2.54. The fraction of sp³-hybridized carbons (Fsp3) is 0.944. The van der Waals surface area contributed by atoms with Gasteiger partial charge in [0, 0.05) is 25.2 Å². The van der Waals surface area contributed by atoms with E-state index in [0.717, 1.165) is 49.9 Å². The monoisotopic (exact) mass is 291 g/mol. The van der Waals surface area contributed by atoms with Gasteiger partial charge in [0.25, 0.3) is 0 Å². The van der Waals surface area contributed by atoms with Crippen LogP contribution in [0.2, 0.25) is 0 Å². The van der Waals surface area contributed by atoms with Crippen LogP contribution in [0.1, 0.15) is 57.8 Å². The lowest BCUT2D eigenvalue weighted by Gasteiger charge is -2.55. The third-order valence-electron chi connectivity index (χ3n) is 6.32. The summed E-state index contributed by atoms with van der Waals surface area (Å²) in [7, 11) is 0. The molecular weight excluding hydrogens is 262 g/mol. The number of rotatable bonds is 7. The maximum Gasteiger partial charge on any atom is 0.226 e. The maximum absolute atomic E-state index is 12.7. The lowest BCUT2D eigenvalue weighted by Crippen LogP contribution is -2.53. The van der Waals surface area contributed by atoms with Gasteiger partial charge in [0.05, 0.1) is 0 Å². The Morgan fingerprint density at radius 2 is 1.67 bits per heavy atom. The van der Waals surface area contributed by atoms with Crippen LogP contribution >= 0.6 is 0 Å². The van der Waals surface area contributed by atoms with Crippen LogP contribution in [-0.4, -0.2) is 25.7 Å². The van der Waals surface area contributed by atoms with Gasteiger partial charge in [0.15, 0.2) is 0 Å². The topological polar surface area (TPSA) is 38.3 Å². The Balaban J connectivity index is 1.21. The minimum Gasteiger partial charge on any atom is -0.381 e. The van der Waals surface area contributed by atoms with Crippen molar-refractivity contribution in [2.45, 2.75) is 57.8 Å². The van der Waals surface area contributed by atoms with Crippen LogP contribution in [-0.2, 0) is 9.53 Å². The second kappa shape index (κ2) is 5.57. The minimum atomic E-state index is 0.0175. The highest BCUT2D eigenvalue weighted by molar-refractivity contribution is 5.83. The molecule has 0 unspecified atom stereocenters. The molecule has 3 heteroatoms. The van der Waals surface area contributed by atoms with E-state index in [1.807, 2.05) is 0 Å². The molecule has 5 rings (SSSR count). The molecule has 118 valence electrons. The largest absolute Gasteiger partial charge is 0.381 e. The molecule has 1 amide bonds. The summed E-state index contributed by atoms with van der Waals surface area (Å²) in [5.41, 5.74) is 0.0175. The highest BCUT2D eigenvalue weighted by Crippen LogP contribution is 2.60. The van der Waals surface area contributed by atoms with Crippen LogP contribution < -0.4 is 5.32 Å². The molecule has 0 radical (unpaired) electrons. The third-order valence-corrected chi connectivity index (χ3v) is 6.32. The van der Waals surface area contributed by atoms with Crippen LogP contribution in [0.25, 0.3) is 0 Å². The number of hydrogen-bond acceptors (Lipinski definition) is 2. The van der Waals surface area contributed by atoms with Gasteiger partial charge < -0.3 is 10.1 Å². The summed E-state index contributed by atoms with van der Waals surface area (Å²) in [6.45, 7) is 2.53. The van der Waals surface area contributed by atoms with Gasteiger partial charge in [-0.2, -0.15) is 0 Å². The molecule has 5 aliphatic rings. The molecular formula is C18H29NO2. The van der Waals surface area contributed by atoms with Crippen molar-refractivity contribution >= 4 is 5.91 Å². The van der Waals surface area contributed by atoms with Crippen LogP contribution in [0.3, 0.4) is 0 Å². The summed E-state index contributed by atoms with van der Waals surface area (Å²) < 4.78 is 5.64. The first kappa shape index (κ1) is 14.0. The van der Waals surface area contributed by atoms with Gasteiger partial charge in [0.1, 0.15) is 0 Å². The van der Waals surface area contributed by atoms with E-state index in [2.05, 4.69) is 5.32 Å². The van der Waals surface area contributed by atoms with Crippen molar-refractivity contribution < 1.29 is 9.53 Å². The number of carbonyl (C=O) groups is 1. The van der Waals surface area contributed by atoms with Gasteiger partial charge in [-0.05, 0) is 81.5 Å². The Morgan fingerprint density at radius 1 is 1.05 bits per heavy atom. The van der Waals surface area contributed by atoms with Crippen molar-refractivity contribution in [3.05, 3.63) is 0 Å². The summed E-state index contributed by atoms with van der Waals surface area (Å²) in [5.74, 6) is 3.76. The Morgan fingerprint density at radius 3 is 2.24 bits per heavy atom. The van der Waals surface area contributed by atoms with Gasteiger partial charge >= 0.3 is 0 Å². The van der Waals surface area contributed by atoms with E-state index in [0.29, 0.717) is 5.91 Å². The van der Waals surface area contributed by atoms with Crippen LogP contribution in [0, 0.1) is 29.1 Å². The van der Waals surface area contributed by atoms with E-state index in [1.54, 1.807) is 0 Å². The lowest BCUT2D eigenvalue weighted by atomic mass is 9.49. The van der Waals surface area contributed by atoms with Crippen molar-refractivity contribution in [3.8, 4) is 0 Å². The molecule has 0 aliphatic heterocycles. The van der Waals surface area contributed by atoms with E-state index in [-0.39, 0.29) is 5.41 Å². The van der Waals surface area contributed by atoms with Gasteiger partial charge in [0.2, 0.25) is 5.91 Å². The molecule has 0 aromatic heterocycles. The molecule has 0 saturated heterocycles. The fourth-order valence-electron chi connectivity index (χ4n) is 5.49. The molecule has 21 heavy (non-hydrogen) atoms. The molecule has 5 fully saturated rings. The van der Waals surface area contributed by atoms with E-state index in [1.165, 1.54) is 51.4 Å². The van der Waals surface area contributed by atoms with Crippen molar-refractivity contribution in [3.63, 3.8) is 0 Å². The number of carbonyl (C=O) groups excluding carboxylic acids is 1. The minimum absolute atomic E-state index is 0.0175. The maximum atomic E-state index is 12.7. The quantitative estimate of drug-likeness (QED) is 0.732. The molecule has 0 aromatic carbocycles. The number of nitrogens with one attached hydrogen (secondary N) is 1. The van der Waals surface area contributed by atoms with Crippen LogP contribution in [0.5, 0.6) is 0 Å². The molecule has 0 spiro atoms. The highest BCUT2D eigenvalue weighted by atomic mass is 16.5. The second-order valence-electron chi connectivity index (χ2n) is 8.33. The molecule has 5 aliphatic carbocycles. The summed E-state index contributed by atoms with van der Waals surface area (Å²) >= 11 is 0. The summed E-state index contributed by atoms with van der Waals surface area (Å²) in [4.78, 5) is 12.7. The Kier molecular flexibility index (Phi) is 3.72. The van der Waals surface area contributed by atoms with Crippen molar-refractivity contribution in [2.24, 2.45) is 29.1 Å². The van der Waals surface area contributed by atoms with Crippen molar-refractivity contribution in [1.82, 2.24) is 5.32 Å².